The number of nitro groups is 1. The van der Waals surface area contributed by atoms with E-state index in [4.69, 9.17) is 9.26 Å². The SMILES string of the molecule is Cc1ccc(-c2noc(COC(=O)/C=C/c3cccc([N+](=O)[O-])c3)n2)cc1F. The summed E-state index contributed by atoms with van der Waals surface area (Å²) in [4.78, 5) is 26.0. The Morgan fingerprint density at radius 2 is 2.14 bits per heavy atom. The number of non-ortho nitro benzene ring substituents is 1. The summed E-state index contributed by atoms with van der Waals surface area (Å²) in [5.41, 5.74) is 1.33. The number of aromatic nitrogens is 2. The van der Waals surface area contributed by atoms with E-state index in [1.54, 1.807) is 25.1 Å². The van der Waals surface area contributed by atoms with Gasteiger partial charge in [0.1, 0.15) is 5.82 Å². The van der Waals surface area contributed by atoms with Crippen molar-refractivity contribution in [2.45, 2.75) is 13.5 Å². The lowest BCUT2D eigenvalue weighted by Crippen LogP contribution is -2.01. The smallest absolute Gasteiger partial charge is 0.331 e. The highest BCUT2D eigenvalue weighted by Gasteiger charge is 2.12. The van der Waals surface area contributed by atoms with E-state index >= 15 is 0 Å². The summed E-state index contributed by atoms with van der Waals surface area (Å²) in [6, 6.07) is 10.3. The van der Waals surface area contributed by atoms with Crippen LogP contribution in [-0.4, -0.2) is 21.0 Å². The van der Waals surface area contributed by atoms with Crippen molar-refractivity contribution in [3.05, 3.63) is 81.5 Å². The van der Waals surface area contributed by atoms with Crippen LogP contribution in [0.25, 0.3) is 17.5 Å². The predicted molar refractivity (Wildman–Crippen MR) is 96.4 cm³/mol. The van der Waals surface area contributed by atoms with Gasteiger partial charge in [-0.3, -0.25) is 10.1 Å². The van der Waals surface area contributed by atoms with Crippen LogP contribution in [0.1, 0.15) is 17.0 Å². The third-order valence-corrected chi connectivity index (χ3v) is 3.73. The minimum absolute atomic E-state index is 0.0492. The molecule has 0 bridgehead atoms. The Kier molecular flexibility index (Phi) is 5.54. The minimum atomic E-state index is -0.687. The molecule has 1 heterocycles. The summed E-state index contributed by atoms with van der Waals surface area (Å²) in [5.74, 6) is -0.848. The van der Waals surface area contributed by atoms with Crippen molar-refractivity contribution in [2.24, 2.45) is 0 Å². The van der Waals surface area contributed by atoms with Gasteiger partial charge in [-0.05, 0) is 30.2 Å². The molecule has 0 saturated carbocycles. The number of carbonyl (C=O) groups is 1. The van der Waals surface area contributed by atoms with Crippen LogP contribution in [0.15, 0.2) is 53.1 Å². The molecule has 0 unspecified atom stereocenters. The van der Waals surface area contributed by atoms with Crippen molar-refractivity contribution in [3.63, 3.8) is 0 Å². The lowest BCUT2D eigenvalue weighted by molar-refractivity contribution is -0.384. The van der Waals surface area contributed by atoms with Gasteiger partial charge in [-0.15, -0.1) is 0 Å². The normalized spacial score (nSPS) is 10.9. The number of rotatable bonds is 6. The maximum absolute atomic E-state index is 13.6. The van der Waals surface area contributed by atoms with Gasteiger partial charge in [-0.25, -0.2) is 9.18 Å². The van der Waals surface area contributed by atoms with Gasteiger partial charge < -0.3 is 9.26 Å². The van der Waals surface area contributed by atoms with Crippen LogP contribution in [0.4, 0.5) is 10.1 Å². The number of nitrogens with zero attached hydrogens (tertiary/aromatic N) is 3. The van der Waals surface area contributed by atoms with Crippen LogP contribution in [0, 0.1) is 22.9 Å². The van der Waals surface area contributed by atoms with Crippen molar-refractivity contribution in [1.82, 2.24) is 10.1 Å². The fourth-order valence-corrected chi connectivity index (χ4v) is 2.25. The number of hydrogen-bond donors (Lipinski definition) is 0. The fraction of sp³-hybridized carbons (Fsp3) is 0.105. The maximum Gasteiger partial charge on any atom is 0.331 e. The molecular formula is C19H14FN3O5. The number of carbonyl (C=O) groups excluding carboxylic acids is 1. The summed E-state index contributed by atoms with van der Waals surface area (Å²) in [5, 5.41) is 14.5. The van der Waals surface area contributed by atoms with Gasteiger partial charge in [-0.1, -0.05) is 29.4 Å². The minimum Gasteiger partial charge on any atom is -0.452 e. The molecule has 0 fully saturated rings. The van der Waals surface area contributed by atoms with Crippen molar-refractivity contribution in [2.75, 3.05) is 0 Å². The van der Waals surface area contributed by atoms with Gasteiger partial charge in [0.25, 0.3) is 11.6 Å². The Morgan fingerprint density at radius 1 is 1.32 bits per heavy atom. The standard InChI is InChI=1S/C19H14FN3O5/c1-12-5-7-14(10-16(12)20)19-21-17(28-22-19)11-27-18(24)8-6-13-3-2-4-15(9-13)23(25)26/h2-10H,11H2,1H3/b8-6+. The molecule has 0 aliphatic carbocycles. The van der Waals surface area contributed by atoms with Gasteiger partial charge in [-0.2, -0.15) is 4.98 Å². The average molecular weight is 383 g/mol. The highest BCUT2D eigenvalue weighted by atomic mass is 19.1. The lowest BCUT2D eigenvalue weighted by Gasteiger charge is -1.98. The fourth-order valence-electron chi connectivity index (χ4n) is 2.25. The first-order valence-electron chi connectivity index (χ1n) is 8.11. The second-order valence-electron chi connectivity index (χ2n) is 5.77. The summed E-state index contributed by atoms with van der Waals surface area (Å²) >= 11 is 0. The zero-order valence-electron chi connectivity index (χ0n) is 14.7. The summed E-state index contributed by atoms with van der Waals surface area (Å²) < 4.78 is 23.6. The van der Waals surface area contributed by atoms with E-state index in [0.29, 0.717) is 16.7 Å². The predicted octanol–water partition coefficient (Wildman–Crippen LogP) is 3.85. The topological polar surface area (TPSA) is 108 Å². The molecule has 0 atom stereocenters. The summed E-state index contributed by atoms with van der Waals surface area (Å²) in [6.45, 7) is 1.38. The van der Waals surface area contributed by atoms with E-state index in [1.165, 1.54) is 30.3 Å². The van der Waals surface area contributed by atoms with Crippen LogP contribution >= 0.6 is 0 Å². The van der Waals surface area contributed by atoms with Crippen LogP contribution in [-0.2, 0) is 16.1 Å². The Hall–Kier alpha value is -3.88. The first kappa shape index (κ1) is 18.9. The monoisotopic (exact) mass is 383 g/mol. The van der Waals surface area contributed by atoms with Crippen molar-refractivity contribution < 1.29 is 23.4 Å². The molecule has 0 saturated heterocycles. The number of nitro benzene ring substituents is 1. The Labute approximate surface area is 158 Å². The van der Waals surface area contributed by atoms with E-state index in [0.717, 1.165) is 6.08 Å². The summed E-state index contributed by atoms with van der Waals surface area (Å²) in [7, 11) is 0. The van der Waals surface area contributed by atoms with Gasteiger partial charge >= 0.3 is 5.97 Å². The van der Waals surface area contributed by atoms with E-state index in [-0.39, 0.29) is 29.8 Å². The zero-order valence-corrected chi connectivity index (χ0v) is 14.7. The highest BCUT2D eigenvalue weighted by molar-refractivity contribution is 5.87. The molecule has 9 heteroatoms. The molecule has 0 amide bonds. The molecule has 0 aliphatic heterocycles. The molecule has 8 nitrogen and oxygen atoms in total. The van der Waals surface area contributed by atoms with Crippen LogP contribution in [0.3, 0.4) is 0 Å². The number of ether oxygens (including phenoxy) is 1. The zero-order chi connectivity index (χ0) is 20.1. The van der Waals surface area contributed by atoms with E-state index in [1.807, 2.05) is 0 Å². The molecule has 0 aliphatic rings. The number of halogens is 1. The van der Waals surface area contributed by atoms with E-state index in [9.17, 15) is 19.3 Å². The molecule has 3 aromatic rings. The van der Waals surface area contributed by atoms with Crippen molar-refractivity contribution in [1.29, 1.82) is 0 Å². The van der Waals surface area contributed by atoms with Crippen LogP contribution in [0.5, 0.6) is 0 Å². The number of hydrogen-bond acceptors (Lipinski definition) is 7. The molecule has 0 spiro atoms. The molecule has 1 aromatic heterocycles. The molecule has 0 N–H and O–H groups in total. The van der Waals surface area contributed by atoms with Gasteiger partial charge in [0.15, 0.2) is 6.61 Å². The summed E-state index contributed by atoms with van der Waals surface area (Å²) in [6.07, 6.45) is 2.52. The van der Waals surface area contributed by atoms with Crippen LogP contribution in [0.2, 0.25) is 0 Å². The third kappa shape index (κ3) is 4.64. The van der Waals surface area contributed by atoms with Crippen molar-refractivity contribution in [3.8, 4) is 11.4 Å². The quantitative estimate of drug-likeness (QED) is 0.275. The second-order valence-corrected chi connectivity index (χ2v) is 5.77. The Bertz CT molecular complexity index is 1060. The van der Waals surface area contributed by atoms with E-state index < -0.39 is 10.9 Å². The average Bonchev–Trinajstić information content (AvgIpc) is 3.16. The van der Waals surface area contributed by atoms with Gasteiger partial charge in [0.05, 0.1) is 4.92 Å². The lowest BCUT2D eigenvalue weighted by atomic mass is 10.1. The molecular weight excluding hydrogens is 369 g/mol. The largest absolute Gasteiger partial charge is 0.452 e. The number of aryl methyl sites for hydroxylation is 1. The molecule has 28 heavy (non-hydrogen) atoms. The Balaban J connectivity index is 1.59. The molecule has 2 aromatic carbocycles. The van der Waals surface area contributed by atoms with Crippen molar-refractivity contribution >= 4 is 17.7 Å². The van der Waals surface area contributed by atoms with Gasteiger partial charge in [0, 0.05) is 23.8 Å². The second kappa shape index (κ2) is 8.21. The molecule has 0 radical (unpaired) electrons. The van der Waals surface area contributed by atoms with Crippen LogP contribution < -0.4 is 0 Å². The molecule has 142 valence electrons. The van der Waals surface area contributed by atoms with Gasteiger partial charge in [0.2, 0.25) is 5.82 Å². The van der Waals surface area contributed by atoms with E-state index in [2.05, 4.69) is 10.1 Å². The number of esters is 1. The number of benzene rings is 2. The highest BCUT2D eigenvalue weighted by Crippen LogP contribution is 2.19. The molecule has 3 rings (SSSR count). The third-order valence-electron chi connectivity index (χ3n) is 3.73. The first-order chi connectivity index (χ1) is 13.4. The first-order valence-corrected chi connectivity index (χ1v) is 8.11. The Morgan fingerprint density at radius 3 is 2.89 bits per heavy atom. The maximum atomic E-state index is 13.6.